The van der Waals surface area contributed by atoms with E-state index >= 15 is 0 Å². The van der Waals surface area contributed by atoms with Crippen molar-refractivity contribution in [3.8, 4) is 0 Å². The second kappa shape index (κ2) is 5.80. The Bertz CT molecular complexity index is 603. The fourth-order valence-corrected chi connectivity index (χ4v) is 3.68. The average molecular weight is 280 g/mol. The summed E-state index contributed by atoms with van der Waals surface area (Å²) in [5.74, 6) is 0.633. The van der Waals surface area contributed by atoms with E-state index in [-0.39, 0.29) is 0 Å². The van der Waals surface area contributed by atoms with Gasteiger partial charge in [-0.15, -0.1) is 0 Å². The van der Waals surface area contributed by atoms with E-state index in [0.29, 0.717) is 12.0 Å². The maximum Gasteiger partial charge on any atom is 0.0449 e. The predicted molar refractivity (Wildman–Crippen MR) is 91.2 cm³/mol. The van der Waals surface area contributed by atoms with E-state index in [9.17, 15) is 0 Å². The molecule has 0 radical (unpaired) electrons. The lowest BCUT2D eigenvalue weighted by atomic mass is 9.89. The highest BCUT2D eigenvalue weighted by Gasteiger charge is 2.37. The maximum absolute atomic E-state index is 5.84. The van der Waals surface area contributed by atoms with Crippen molar-refractivity contribution < 1.29 is 0 Å². The average Bonchev–Trinajstić information content (AvgIpc) is 2.83. The normalized spacial score (nSPS) is 20.6. The molecule has 0 bridgehead atoms. The summed E-state index contributed by atoms with van der Waals surface area (Å²) in [6, 6.07) is 17.7. The van der Waals surface area contributed by atoms with Gasteiger partial charge in [-0.3, -0.25) is 0 Å². The molecule has 0 aliphatic carbocycles. The Balaban J connectivity index is 2.08. The van der Waals surface area contributed by atoms with Crippen molar-refractivity contribution >= 4 is 17.1 Å². The molecular weight excluding hydrogens is 256 g/mol. The van der Waals surface area contributed by atoms with Crippen molar-refractivity contribution in [3.63, 3.8) is 0 Å². The first-order chi connectivity index (χ1) is 10.3. The minimum Gasteiger partial charge on any atom is -0.399 e. The van der Waals surface area contributed by atoms with Crippen LogP contribution in [0.25, 0.3) is 0 Å². The summed E-state index contributed by atoms with van der Waals surface area (Å²) in [5, 5.41) is 0. The molecule has 3 rings (SSSR count). The van der Waals surface area contributed by atoms with Crippen molar-refractivity contribution in [1.82, 2.24) is 0 Å². The van der Waals surface area contributed by atoms with E-state index in [1.165, 1.54) is 29.8 Å². The van der Waals surface area contributed by atoms with Gasteiger partial charge in [0.15, 0.2) is 0 Å². The van der Waals surface area contributed by atoms with E-state index in [1.54, 1.807) is 0 Å². The van der Waals surface area contributed by atoms with E-state index in [4.69, 9.17) is 5.73 Å². The Kier molecular flexibility index (Phi) is 3.87. The lowest BCUT2D eigenvalue weighted by Crippen LogP contribution is -2.29. The zero-order chi connectivity index (χ0) is 14.8. The molecule has 0 aromatic heterocycles. The molecule has 2 aromatic carbocycles. The van der Waals surface area contributed by atoms with E-state index in [0.717, 1.165) is 12.1 Å². The zero-order valence-corrected chi connectivity index (χ0v) is 12.9. The van der Waals surface area contributed by atoms with Crippen molar-refractivity contribution in [1.29, 1.82) is 0 Å². The number of para-hydroxylation sites is 1. The second-order valence-electron chi connectivity index (χ2n) is 5.89. The summed E-state index contributed by atoms with van der Waals surface area (Å²) < 4.78 is 0. The lowest BCUT2D eigenvalue weighted by Gasteiger charge is -2.30. The van der Waals surface area contributed by atoms with Gasteiger partial charge < -0.3 is 10.6 Å². The highest BCUT2D eigenvalue weighted by Crippen LogP contribution is 2.48. The van der Waals surface area contributed by atoms with Crippen LogP contribution in [0.5, 0.6) is 0 Å². The van der Waals surface area contributed by atoms with Gasteiger partial charge in [0, 0.05) is 29.0 Å². The number of nitrogens with two attached hydrogens (primary N) is 1. The van der Waals surface area contributed by atoms with Gasteiger partial charge in [-0.1, -0.05) is 38.5 Å². The van der Waals surface area contributed by atoms with Crippen molar-refractivity contribution in [3.05, 3.63) is 54.1 Å². The summed E-state index contributed by atoms with van der Waals surface area (Å²) in [5.41, 5.74) is 10.8. The van der Waals surface area contributed by atoms with Crippen LogP contribution >= 0.6 is 0 Å². The molecule has 1 aliphatic rings. The van der Waals surface area contributed by atoms with Crippen LogP contribution in [0.15, 0.2) is 48.5 Å². The van der Waals surface area contributed by atoms with Crippen LogP contribution in [-0.2, 0) is 0 Å². The van der Waals surface area contributed by atoms with Gasteiger partial charge in [0.05, 0.1) is 0 Å². The van der Waals surface area contributed by atoms with E-state index in [2.05, 4.69) is 55.1 Å². The lowest BCUT2D eigenvalue weighted by molar-refractivity contribution is 0.506. The van der Waals surface area contributed by atoms with Crippen LogP contribution in [0.1, 0.15) is 44.6 Å². The molecule has 110 valence electrons. The minimum absolute atomic E-state index is 0.547. The molecule has 2 heteroatoms. The molecule has 0 saturated heterocycles. The number of benzene rings is 2. The number of nitrogen functional groups attached to an aromatic ring is 1. The van der Waals surface area contributed by atoms with Crippen LogP contribution in [-0.4, -0.2) is 6.04 Å². The van der Waals surface area contributed by atoms with Gasteiger partial charge in [-0.2, -0.15) is 0 Å². The Morgan fingerprint density at radius 3 is 2.38 bits per heavy atom. The Labute approximate surface area is 127 Å². The molecule has 2 N–H and O–H groups in total. The van der Waals surface area contributed by atoms with Crippen LogP contribution in [0, 0.1) is 0 Å². The monoisotopic (exact) mass is 280 g/mol. The van der Waals surface area contributed by atoms with Crippen molar-refractivity contribution in [2.45, 2.75) is 45.1 Å². The van der Waals surface area contributed by atoms with E-state index in [1.807, 2.05) is 12.1 Å². The Hall–Kier alpha value is -1.96. The van der Waals surface area contributed by atoms with Crippen LogP contribution < -0.4 is 10.6 Å². The highest BCUT2D eigenvalue weighted by molar-refractivity contribution is 5.73. The van der Waals surface area contributed by atoms with Crippen molar-refractivity contribution in [2.75, 3.05) is 10.6 Å². The van der Waals surface area contributed by atoms with Gasteiger partial charge in [0.25, 0.3) is 0 Å². The number of hydrogen-bond acceptors (Lipinski definition) is 2. The molecule has 0 fully saturated rings. The third-order valence-electron chi connectivity index (χ3n) is 4.58. The van der Waals surface area contributed by atoms with Crippen LogP contribution in [0.2, 0.25) is 0 Å². The maximum atomic E-state index is 5.84. The SMILES string of the molecule is CCCC1c2ccccc2N(c2ccc(N)cc2)C1CC. The van der Waals surface area contributed by atoms with Crippen molar-refractivity contribution in [2.24, 2.45) is 0 Å². The summed E-state index contributed by atoms with van der Waals surface area (Å²) in [6.45, 7) is 4.57. The van der Waals surface area contributed by atoms with Gasteiger partial charge in [-0.05, 0) is 48.7 Å². The topological polar surface area (TPSA) is 29.3 Å². The third-order valence-corrected chi connectivity index (χ3v) is 4.58. The molecule has 21 heavy (non-hydrogen) atoms. The quantitative estimate of drug-likeness (QED) is 0.791. The summed E-state index contributed by atoms with van der Waals surface area (Å²) >= 11 is 0. The summed E-state index contributed by atoms with van der Waals surface area (Å²) in [7, 11) is 0. The zero-order valence-electron chi connectivity index (χ0n) is 12.9. The Morgan fingerprint density at radius 1 is 1.00 bits per heavy atom. The second-order valence-corrected chi connectivity index (χ2v) is 5.89. The number of hydrogen-bond donors (Lipinski definition) is 1. The molecule has 2 unspecified atom stereocenters. The molecule has 2 nitrogen and oxygen atoms in total. The van der Waals surface area contributed by atoms with Gasteiger partial charge in [0.1, 0.15) is 0 Å². The fourth-order valence-electron chi connectivity index (χ4n) is 3.68. The molecule has 1 heterocycles. The minimum atomic E-state index is 0.547. The molecule has 0 saturated carbocycles. The Morgan fingerprint density at radius 2 is 1.71 bits per heavy atom. The molecule has 2 aromatic rings. The molecule has 1 aliphatic heterocycles. The number of rotatable bonds is 4. The number of nitrogens with zero attached hydrogens (tertiary/aromatic N) is 1. The summed E-state index contributed by atoms with van der Waals surface area (Å²) in [6.07, 6.45) is 3.63. The molecule has 0 amide bonds. The van der Waals surface area contributed by atoms with E-state index < -0.39 is 0 Å². The molecular formula is C19H24N2. The first-order valence-electron chi connectivity index (χ1n) is 8.00. The van der Waals surface area contributed by atoms with Gasteiger partial charge >= 0.3 is 0 Å². The van der Waals surface area contributed by atoms with Gasteiger partial charge in [-0.25, -0.2) is 0 Å². The van der Waals surface area contributed by atoms with Gasteiger partial charge in [0.2, 0.25) is 0 Å². The standard InChI is InChI=1S/C19H24N2/c1-3-7-16-17-8-5-6-9-19(17)21(18(16)4-2)15-12-10-14(20)11-13-15/h5-6,8-13,16,18H,3-4,7,20H2,1-2H3. The fraction of sp³-hybridized carbons (Fsp3) is 0.368. The molecule has 2 atom stereocenters. The summed E-state index contributed by atoms with van der Waals surface area (Å²) in [4.78, 5) is 2.51. The largest absolute Gasteiger partial charge is 0.399 e. The third kappa shape index (κ3) is 2.39. The first kappa shape index (κ1) is 14.0. The molecule has 0 spiro atoms. The first-order valence-corrected chi connectivity index (χ1v) is 8.00. The highest BCUT2D eigenvalue weighted by atomic mass is 15.2. The number of anilines is 3. The number of fused-ring (bicyclic) bond motifs is 1. The van der Waals surface area contributed by atoms with Crippen LogP contribution in [0.4, 0.5) is 17.1 Å². The predicted octanol–water partition coefficient (Wildman–Crippen LogP) is 5.08. The van der Waals surface area contributed by atoms with Crippen LogP contribution in [0.3, 0.4) is 0 Å². The smallest absolute Gasteiger partial charge is 0.0449 e.